The normalized spacial score (nSPS) is 10.5. The van der Waals surface area contributed by atoms with Gasteiger partial charge >= 0.3 is 0 Å². The van der Waals surface area contributed by atoms with Gasteiger partial charge in [0.1, 0.15) is 41.0 Å². The molecule has 0 saturated heterocycles. The molecular weight excluding hydrogens is 244 g/mol. The lowest BCUT2D eigenvalue weighted by Crippen LogP contribution is -2.20. The van der Waals surface area contributed by atoms with Crippen molar-refractivity contribution in [1.82, 2.24) is 0 Å². The highest BCUT2D eigenvalue weighted by molar-refractivity contribution is 5.74. The molecule has 0 heterocycles. The molecule has 0 aliphatic heterocycles. The Morgan fingerprint density at radius 1 is 0.947 bits per heavy atom. The average Bonchev–Trinajstić information content (AvgIpc) is 2.46. The van der Waals surface area contributed by atoms with E-state index in [1.807, 2.05) is 0 Å². The highest BCUT2D eigenvalue weighted by atomic mass is 16.5. The summed E-state index contributed by atoms with van der Waals surface area (Å²) in [6, 6.07) is 8.26. The van der Waals surface area contributed by atoms with Crippen LogP contribution in [-0.4, -0.2) is 14.2 Å². The largest absolute Gasteiger partial charge is 0.496 e. The standard InChI is InChI=1S/C13H10N4O2/c1-18-12-4-10(11(17)7-16)13(19-2)3-9(12)8(5-14)6-15/h3-4H,17H2,1-2H3/b11-10+. The van der Waals surface area contributed by atoms with Crippen molar-refractivity contribution >= 4 is 11.3 Å². The van der Waals surface area contributed by atoms with Crippen LogP contribution in [0.15, 0.2) is 12.1 Å². The van der Waals surface area contributed by atoms with Crippen LogP contribution in [0.2, 0.25) is 0 Å². The van der Waals surface area contributed by atoms with E-state index in [9.17, 15) is 0 Å². The molecule has 6 nitrogen and oxygen atoms in total. The van der Waals surface area contributed by atoms with E-state index in [0.29, 0.717) is 10.4 Å². The number of ether oxygens (including phenoxy) is 2. The summed E-state index contributed by atoms with van der Waals surface area (Å²) in [5, 5.41) is 27.3. The maximum absolute atomic E-state index is 8.90. The van der Waals surface area contributed by atoms with Crippen LogP contribution >= 0.6 is 0 Å². The van der Waals surface area contributed by atoms with Gasteiger partial charge < -0.3 is 15.2 Å². The van der Waals surface area contributed by atoms with Crippen LogP contribution in [0, 0.1) is 34.0 Å². The quantitative estimate of drug-likeness (QED) is 0.760. The Morgan fingerprint density at radius 3 is 1.84 bits per heavy atom. The van der Waals surface area contributed by atoms with Crippen LogP contribution in [0.1, 0.15) is 0 Å². The van der Waals surface area contributed by atoms with Gasteiger partial charge in [0.25, 0.3) is 0 Å². The topological polar surface area (TPSA) is 116 Å². The van der Waals surface area contributed by atoms with Crippen LogP contribution in [0.4, 0.5) is 0 Å². The smallest absolute Gasteiger partial charge is 0.140 e. The van der Waals surface area contributed by atoms with Gasteiger partial charge in [-0.05, 0) is 12.1 Å². The molecule has 1 aromatic carbocycles. The van der Waals surface area contributed by atoms with Gasteiger partial charge in [-0.25, -0.2) is 0 Å². The van der Waals surface area contributed by atoms with Gasteiger partial charge in [-0.2, -0.15) is 15.8 Å². The first kappa shape index (κ1) is 13.9. The molecule has 0 atom stereocenters. The number of methoxy groups -OCH3 is 2. The first-order valence-electron chi connectivity index (χ1n) is 5.09. The predicted molar refractivity (Wildman–Crippen MR) is 66.6 cm³/mol. The molecule has 0 fully saturated rings. The van der Waals surface area contributed by atoms with E-state index in [4.69, 9.17) is 31.0 Å². The number of hydrogen-bond acceptors (Lipinski definition) is 6. The Labute approximate surface area is 109 Å². The molecule has 0 aliphatic carbocycles. The summed E-state index contributed by atoms with van der Waals surface area (Å²) in [7, 11) is 2.79. The van der Waals surface area contributed by atoms with Gasteiger partial charge in [-0.15, -0.1) is 0 Å². The van der Waals surface area contributed by atoms with Gasteiger partial charge in [0.2, 0.25) is 0 Å². The molecule has 0 radical (unpaired) electrons. The number of rotatable bonds is 2. The zero-order chi connectivity index (χ0) is 14.4. The lowest BCUT2D eigenvalue weighted by Gasteiger charge is -2.06. The minimum Gasteiger partial charge on any atom is -0.496 e. The fourth-order valence-electron chi connectivity index (χ4n) is 1.51. The number of benzene rings is 1. The molecule has 0 unspecified atom stereocenters. The third-order valence-corrected chi connectivity index (χ3v) is 2.43. The highest BCUT2D eigenvalue weighted by Gasteiger charge is 2.08. The van der Waals surface area contributed by atoms with Crippen molar-refractivity contribution in [3.8, 4) is 29.7 Å². The van der Waals surface area contributed by atoms with Gasteiger partial charge in [0.05, 0.1) is 19.4 Å². The monoisotopic (exact) mass is 254 g/mol. The second kappa shape index (κ2) is 5.95. The second-order valence-corrected chi connectivity index (χ2v) is 3.38. The Kier molecular flexibility index (Phi) is 4.35. The zero-order valence-electron chi connectivity index (χ0n) is 10.4. The number of hydrogen-bond donors (Lipinski definition) is 1. The SMILES string of the molecule is COc1c/c(=C(\N)C#N)c(OC)cc1=C(C#N)C#N. The molecule has 0 amide bonds. The van der Waals surface area contributed by atoms with Crippen LogP contribution in [0.5, 0.6) is 11.5 Å². The van der Waals surface area contributed by atoms with E-state index in [-0.39, 0.29) is 22.8 Å². The lowest BCUT2D eigenvalue weighted by molar-refractivity contribution is 0.397. The number of nitrogens with two attached hydrogens (primary N) is 1. The average molecular weight is 254 g/mol. The van der Waals surface area contributed by atoms with Crippen molar-refractivity contribution in [2.75, 3.05) is 14.2 Å². The lowest BCUT2D eigenvalue weighted by atomic mass is 10.1. The van der Waals surface area contributed by atoms with Crippen LogP contribution in [0.3, 0.4) is 0 Å². The minimum absolute atomic E-state index is 0.0443. The fourth-order valence-corrected chi connectivity index (χ4v) is 1.51. The zero-order valence-corrected chi connectivity index (χ0v) is 10.4. The first-order chi connectivity index (χ1) is 9.12. The molecule has 94 valence electrons. The van der Waals surface area contributed by atoms with Crippen molar-refractivity contribution in [3.05, 3.63) is 22.6 Å². The van der Waals surface area contributed by atoms with E-state index in [2.05, 4.69) is 0 Å². The third-order valence-electron chi connectivity index (χ3n) is 2.43. The minimum atomic E-state index is -0.114. The summed E-state index contributed by atoms with van der Waals surface area (Å²) < 4.78 is 10.2. The van der Waals surface area contributed by atoms with E-state index in [1.165, 1.54) is 26.4 Å². The molecular formula is C13H10N4O2. The van der Waals surface area contributed by atoms with E-state index >= 15 is 0 Å². The Bertz CT molecular complexity index is 729. The van der Waals surface area contributed by atoms with Crippen molar-refractivity contribution in [3.63, 3.8) is 0 Å². The molecule has 6 heteroatoms. The van der Waals surface area contributed by atoms with Crippen LogP contribution in [0.25, 0.3) is 11.3 Å². The predicted octanol–water partition coefficient (Wildman–Crippen LogP) is -0.508. The summed E-state index contributed by atoms with van der Waals surface area (Å²) in [4.78, 5) is 0. The Balaban J connectivity index is 3.98. The summed E-state index contributed by atoms with van der Waals surface area (Å²) in [6.07, 6.45) is 0. The summed E-state index contributed by atoms with van der Waals surface area (Å²) in [5.74, 6) is 0.560. The van der Waals surface area contributed by atoms with Crippen LogP contribution in [-0.2, 0) is 0 Å². The number of nitriles is 3. The molecule has 2 N–H and O–H groups in total. The summed E-state index contributed by atoms with van der Waals surface area (Å²) in [6.45, 7) is 0. The highest BCUT2D eigenvalue weighted by Crippen LogP contribution is 2.08. The Morgan fingerprint density at radius 2 is 1.42 bits per heavy atom. The molecule has 0 aliphatic rings. The number of nitrogens with zero attached hydrogens (tertiary/aromatic N) is 3. The van der Waals surface area contributed by atoms with Gasteiger partial charge in [-0.3, -0.25) is 0 Å². The van der Waals surface area contributed by atoms with Crippen molar-refractivity contribution in [1.29, 1.82) is 15.8 Å². The van der Waals surface area contributed by atoms with Crippen molar-refractivity contribution in [2.24, 2.45) is 5.73 Å². The second-order valence-electron chi connectivity index (χ2n) is 3.38. The maximum Gasteiger partial charge on any atom is 0.140 e. The van der Waals surface area contributed by atoms with Gasteiger partial charge in [-0.1, -0.05) is 0 Å². The first-order valence-corrected chi connectivity index (χ1v) is 5.09. The van der Waals surface area contributed by atoms with Gasteiger partial charge in [0.15, 0.2) is 0 Å². The molecule has 1 rings (SSSR count). The van der Waals surface area contributed by atoms with Crippen molar-refractivity contribution in [2.45, 2.75) is 0 Å². The fraction of sp³-hybridized carbons (Fsp3) is 0.154. The third kappa shape index (κ3) is 2.57. The van der Waals surface area contributed by atoms with Gasteiger partial charge in [0, 0.05) is 5.22 Å². The summed E-state index contributed by atoms with van der Waals surface area (Å²) in [5.41, 5.74) is 5.41. The molecule has 0 spiro atoms. The summed E-state index contributed by atoms with van der Waals surface area (Å²) >= 11 is 0. The Hall–Kier alpha value is -3.17. The molecule has 1 aromatic rings. The molecule has 0 saturated carbocycles. The van der Waals surface area contributed by atoms with Crippen LogP contribution < -0.4 is 25.6 Å². The van der Waals surface area contributed by atoms with E-state index in [1.54, 1.807) is 18.2 Å². The van der Waals surface area contributed by atoms with E-state index < -0.39 is 0 Å². The maximum atomic E-state index is 8.90. The molecule has 19 heavy (non-hydrogen) atoms. The van der Waals surface area contributed by atoms with Crippen molar-refractivity contribution < 1.29 is 9.47 Å². The molecule has 0 aromatic heterocycles. The molecule has 0 bridgehead atoms. The van der Waals surface area contributed by atoms with E-state index in [0.717, 1.165) is 0 Å².